The molecule has 0 unspecified atom stereocenters. The molecule has 1 aliphatic rings. The number of hydrogen-bond acceptors (Lipinski definition) is 5. The van der Waals surface area contributed by atoms with E-state index in [1.807, 2.05) is 36.3 Å². The van der Waals surface area contributed by atoms with Crippen LogP contribution in [0.5, 0.6) is 0 Å². The maximum atomic E-state index is 12.7. The molecular formula is C21H27N3O4S2. The van der Waals surface area contributed by atoms with Gasteiger partial charge in [-0.1, -0.05) is 26.0 Å². The van der Waals surface area contributed by atoms with Crippen LogP contribution in [0, 0.1) is 5.92 Å². The van der Waals surface area contributed by atoms with Gasteiger partial charge in [0.05, 0.1) is 4.90 Å². The average molecular weight is 450 g/mol. The average Bonchev–Trinajstić information content (AvgIpc) is 3.26. The fourth-order valence-electron chi connectivity index (χ4n) is 3.35. The van der Waals surface area contributed by atoms with Gasteiger partial charge in [0, 0.05) is 42.0 Å². The lowest BCUT2D eigenvalue weighted by atomic mass is 10.0. The van der Waals surface area contributed by atoms with Gasteiger partial charge in [0.1, 0.15) is 0 Å². The molecule has 0 saturated carbocycles. The molecule has 0 atom stereocenters. The van der Waals surface area contributed by atoms with Crippen molar-refractivity contribution in [3.8, 4) is 0 Å². The number of likely N-dealkylation sites (tertiary alicyclic amines) is 1. The first-order chi connectivity index (χ1) is 14.3. The minimum absolute atomic E-state index is 0.0331. The lowest BCUT2D eigenvalue weighted by Crippen LogP contribution is -2.47. The van der Waals surface area contributed by atoms with Crippen molar-refractivity contribution in [3.05, 3.63) is 52.2 Å². The van der Waals surface area contributed by atoms with E-state index in [0.29, 0.717) is 31.5 Å². The summed E-state index contributed by atoms with van der Waals surface area (Å²) in [7, 11) is -3.72. The van der Waals surface area contributed by atoms with Gasteiger partial charge in [0.2, 0.25) is 15.9 Å². The Morgan fingerprint density at radius 2 is 1.90 bits per heavy atom. The van der Waals surface area contributed by atoms with Crippen LogP contribution in [-0.2, 0) is 21.4 Å². The first-order valence-electron chi connectivity index (χ1n) is 9.98. The Labute approximate surface area is 181 Å². The Balaban J connectivity index is 1.59. The summed E-state index contributed by atoms with van der Waals surface area (Å²) < 4.78 is 27.7. The number of rotatable bonds is 7. The second kappa shape index (κ2) is 9.72. The second-order valence-electron chi connectivity index (χ2n) is 7.66. The molecule has 1 aromatic heterocycles. The first kappa shape index (κ1) is 22.5. The van der Waals surface area contributed by atoms with Crippen LogP contribution in [0.2, 0.25) is 0 Å². The zero-order chi connectivity index (χ0) is 21.7. The third kappa shape index (κ3) is 5.68. The molecule has 2 N–H and O–H groups in total. The lowest BCUT2D eigenvalue weighted by molar-refractivity contribution is -0.135. The van der Waals surface area contributed by atoms with Gasteiger partial charge >= 0.3 is 0 Å². The standard InChI is InChI=1S/C21H27N3O4S2/c1-15(2)21(26)24-10-8-17(9-11-24)23-20(25)16-5-3-7-19(13-16)30(27,28)22-14-18-6-4-12-29-18/h3-7,12-13,15,17,22H,8-11,14H2,1-2H3,(H,23,25). The number of nitrogens with one attached hydrogen (secondary N) is 2. The van der Waals surface area contributed by atoms with Crippen molar-refractivity contribution in [1.29, 1.82) is 0 Å². The molecule has 3 rings (SSSR count). The zero-order valence-electron chi connectivity index (χ0n) is 17.1. The van der Waals surface area contributed by atoms with E-state index in [9.17, 15) is 18.0 Å². The van der Waals surface area contributed by atoms with Crippen LogP contribution < -0.4 is 10.0 Å². The molecule has 0 radical (unpaired) electrons. The Hall–Kier alpha value is -2.23. The summed E-state index contributed by atoms with van der Waals surface area (Å²) in [6.45, 7) is 5.20. The minimum atomic E-state index is -3.72. The molecule has 1 fully saturated rings. The molecule has 2 amide bonds. The quantitative estimate of drug-likeness (QED) is 0.679. The minimum Gasteiger partial charge on any atom is -0.349 e. The highest BCUT2D eigenvalue weighted by Gasteiger charge is 2.25. The molecule has 1 saturated heterocycles. The highest BCUT2D eigenvalue weighted by atomic mass is 32.2. The number of carbonyl (C=O) groups is 2. The van der Waals surface area contributed by atoms with Gasteiger partial charge in [-0.3, -0.25) is 9.59 Å². The van der Waals surface area contributed by atoms with Crippen molar-refractivity contribution in [3.63, 3.8) is 0 Å². The van der Waals surface area contributed by atoms with Gasteiger partial charge in [0.25, 0.3) is 5.91 Å². The van der Waals surface area contributed by atoms with Gasteiger partial charge in [-0.05, 0) is 42.5 Å². The van der Waals surface area contributed by atoms with Crippen LogP contribution in [0.4, 0.5) is 0 Å². The van der Waals surface area contributed by atoms with E-state index >= 15 is 0 Å². The smallest absolute Gasteiger partial charge is 0.251 e. The van der Waals surface area contributed by atoms with Crippen molar-refractivity contribution < 1.29 is 18.0 Å². The summed E-state index contributed by atoms with van der Waals surface area (Å²) in [5.74, 6) is -0.207. The topological polar surface area (TPSA) is 95.6 Å². The molecule has 0 aliphatic carbocycles. The highest BCUT2D eigenvalue weighted by Crippen LogP contribution is 2.16. The number of hydrogen-bond donors (Lipinski definition) is 2. The molecule has 2 heterocycles. The molecule has 162 valence electrons. The summed E-state index contributed by atoms with van der Waals surface area (Å²) in [5, 5.41) is 4.85. The van der Waals surface area contributed by atoms with E-state index < -0.39 is 10.0 Å². The summed E-state index contributed by atoms with van der Waals surface area (Å²) in [6.07, 6.45) is 1.37. The maximum absolute atomic E-state index is 12.7. The number of nitrogens with zero attached hydrogens (tertiary/aromatic N) is 1. The molecule has 1 aromatic carbocycles. The Bertz CT molecular complexity index is 979. The Morgan fingerprint density at radius 1 is 1.17 bits per heavy atom. The Morgan fingerprint density at radius 3 is 2.53 bits per heavy atom. The molecule has 30 heavy (non-hydrogen) atoms. The SMILES string of the molecule is CC(C)C(=O)N1CCC(NC(=O)c2cccc(S(=O)(=O)NCc3cccs3)c2)CC1. The molecular weight excluding hydrogens is 422 g/mol. The van der Waals surface area contributed by atoms with Crippen LogP contribution in [0.25, 0.3) is 0 Å². The molecule has 1 aliphatic heterocycles. The number of sulfonamides is 1. The summed E-state index contributed by atoms with van der Waals surface area (Å²) in [5.41, 5.74) is 0.301. The van der Waals surface area contributed by atoms with Gasteiger partial charge in [-0.15, -0.1) is 11.3 Å². The van der Waals surface area contributed by atoms with Crippen LogP contribution in [-0.4, -0.2) is 44.3 Å². The largest absolute Gasteiger partial charge is 0.349 e. The molecule has 0 spiro atoms. The van der Waals surface area contributed by atoms with E-state index in [1.54, 1.807) is 12.1 Å². The number of piperidine rings is 1. The van der Waals surface area contributed by atoms with Gasteiger partial charge in [-0.2, -0.15) is 0 Å². The number of carbonyl (C=O) groups excluding carboxylic acids is 2. The van der Waals surface area contributed by atoms with Gasteiger partial charge in [-0.25, -0.2) is 13.1 Å². The van der Waals surface area contributed by atoms with Crippen molar-refractivity contribution in [1.82, 2.24) is 14.9 Å². The van der Waals surface area contributed by atoms with Crippen LogP contribution in [0.15, 0.2) is 46.7 Å². The van der Waals surface area contributed by atoms with Crippen molar-refractivity contribution in [2.45, 2.75) is 44.2 Å². The number of benzene rings is 1. The monoisotopic (exact) mass is 449 g/mol. The van der Waals surface area contributed by atoms with Crippen molar-refractivity contribution in [2.24, 2.45) is 5.92 Å². The number of thiophene rings is 1. The molecule has 0 bridgehead atoms. The third-order valence-electron chi connectivity index (χ3n) is 5.06. The van der Waals surface area contributed by atoms with E-state index in [0.717, 1.165) is 4.88 Å². The number of amides is 2. The van der Waals surface area contributed by atoms with Gasteiger partial charge < -0.3 is 10.2 Å². The predicted octanol–water partition coefficient (Wildman–Crippen LogP) is 2.60. The first-order valence-corrected chi connectivity index (χ1v) is 12.3. The normalized spacial score (nSPS) is 15.4. The fourth-order valence-corrected chi connectivity index (χ4v) is 5.13. The van der Waals surface area contributed by atoms with E-state index in [4.69, 9.17) is 0 Å². The summed E-state index contributed by atoms with van der Waals surface area (Å²) >= 11 is 1.47. The van der Waals surface area contributed by atoms with Crippen molar-refractivity contribution in [2.75, 3.05) is 13.1 Å². The maximum Gasteiger partial charge on any atom is 0.251 e. The molecule has 2 aromatic rings. The zero-order valence-corrected chi connectivity index (χ0v) is 18.8. The predicted molar refractivity (Wildman–Crippen MR) is 117 cm³/mol. The van der Waals surface area contributed by atoms with E-state index in [1.165, 1.54) is 23.5 Å². The lowest BCUT2D eigenvalue weighted by Gasteiger charge is -2.33. The van der Waals surface area contributed by atoms with Crippen LogP contribution in [0.1, 0.15) is 41.9 Å². The summed E-state index contributed by atoms with van der Waals surface area (Å²) in [6, 6.07) is 9.72. The molecule has 9 heteroatoms. The second-order valence-corrected chi connectivity index (χ2v) is 10.5. The van der Waals surface area contributed by atoms with Crippen molar-refractivity contribution >= 4 is 33.2 Å². The van der Waals surface area contributed by atoms with Gasteiger partial charge in [0.15, 0.2) is 0 Å². The van der Waals surface area contributed by atoms with E-state index in [-0.39, 0.29) is 35.2 Å². The third-order valence-corrected chi connectivity index (χ3v) is 7.33. The van der Waals surface area contributed by atoms with Crippen LogP contribution in [0.3, 0.4) is 0 Å². The highest BCUT2D eigenvalue weighted by molar-refractivity contribution is 7.89. The summed E-state index contributed by atoms with van der Waals surface area (Å²) in [4.78, 5) is 27.5. The Kier molecular flexibility index (Phi) is 7.27. The molecule has 7 nitrogen and oxygen atoms in total. The fraction of sp³-hybridized carbons (Fsp3) is 0.429. The van der Waals surface area contributed by atoms with Crippen LogP contribution >= 0.6 is 11.3 Å². The van der Waals surface area contributed by atoms with E-state index in [2.05, 4.69) is 10.0 Å².